The Morgan fingerprint density at radius 3 is 2.43 bits per heavy atom. The van der Waals surface area contributed by atoms with E-state index < -0.39 is 42.1 Å². The second kappa shape index (κ2) is 6.21. The second-order valence-electron chi connectivity index (χ2n) is 6.21. The quantitative estimate of drug-likeness (QED) is 0.796. The molecule has 1 fully saturated rings. The number of ether oxygens (including phenoxy) is 1. The van der Waals surface area contributed by atoms with E-state index >= 15 is 0 Å². The molecule has 21 heavy (non-hydrogen) atoms. The zero-order valence-corrected chi connectivity index (χ0v) is 12.6. The van der Waals surface area contributed by atoms with Crippen LogP contribution in [0.2, 0.25) is 0 Å². The molecule has 1 amide bonds. The third-order valence-corrected chi connectivity index (χ3v) is 3.34. The average Bonchev–Trinajstić information content (AvgIpc) is 2.63. The number of likely N-dealkylation sites (tertiary alicyclic amines) is 1. The number of esters is 1. The van der Waals surface area contributed by atoms with Crippen molar-refractivity contribution in [2.45, 2.75) is 45.5 Å². The molecule has 8 heteroatoms. The molecular weight excluding hydrogens is 289 g/mol. The van der Waals surface area contributed by atoms with Gasteiger partial charge in [-0.3, -0.25) is 14.9 Å². The lowest BCUT2D eigenvalue weighted by Gasteiger charge is -2.31. The molecule has 5 nitrogen and oxygen atoms in total. The molecule has 0 aromatic carbocycles. The van der Waals surface area contributed by atoms with E-state index in [0.717, 1.165) is 4.90 Å². The number of carbonyl (C=O) groups is 2. The lowest BCUT2D eigenvalue weighted by Crippen LogP contribution is -2.53. The number of nitrogens with zero attached hydrogens (tertiary/aromatic N) is 1. The molecule has 2 atom stereocenters. The number of halogens is 3. The largest absolute Gasteiger partial charge is 0.468 e. The van der Waals surface area contributed by atoms with E-state index in [1.165, 1.54) is 7.11 Å². The molecule has 122 valence electrons. The van der Waals surface area contributed by atoms with Crippen molar-refractivity contribution in [3.63, 3.8) is 0 Å². The van der Waals surface area contributed by atoms with Crippen LogP contribution in [0.3, 0.4) is 0 Å². The van der Waals surface area contributed by atoms with Gasteiger partial charge in [-0.2, -0.15) is 13.2 Å². The van der Waals surface area contributed by atoms with Crippen LogP contribution in [0.5, 0.6) is 0 Å². The van der Waals surface area contributed by atoms with Gasteiger partial charge >= 0.3 is 12.1 Å². The molecule has 1 aliphatic rings. The van der Waals surface area contributed by atoms with Gasteiger partial charge < -0.3 is 9.64 Å². The van der Waals surface area contributed by atoms with E-state index in [1.54, 1.807) is 20.8 Å². The lowest BCUT2D eigenvalue weighted by atomic mass is 9.86. The molecule has 0 unspecified atom stereocenters. The third-order valence-electron chi connectivity index (χ3n) is 3.34. The number of hydrogen-bond donors (Lipinski definition) is 1. The van der Waals surface area contributed by atoms with Crippen molar-refractivity contribution in [1.82, 2.24) is 10.2 Å². The summed E-state index contributed by atoms with van der Waals surface area (Å²) in [6, 6.07) is -1.56. The van der Waals surface area contributed by atoms with Crippen molar-refractivity contribution in [1.29, 1.82) is 0 Å². The molecule has 0 spiro atoms. The fraction of sp³-hybridized carbons (Fsp3) is 0.846. The zero-order valence-electron chi connectivity index (χ0n) is 12.6. The van der Waals surface area contributed by atoms with Crippen LogP contribution in [0, 0.1) is 5.41 Å². The molecule has 1 saturated heterocycles. The van der Waals surface area contributed by atoms with Crippen molar-refractivity contribution in [2.75, 3.05) is 20.2 Å². The molecule has 1 aliphatic heterocycles. The highest BCUT2D eigenvalue weighted by atomic mass is 19.4. The molecule has 1 rings (SSSR count). The molecule has 0 radical (unpaired) electrons. The smallest absolute Gasteiger partial charge is 0.406 e. The van der Waals surface area contributed by atoms with Gasteiger partial charge in [0.1, 0.15) is 12.6 Å². The minimum absolute atomic E-state index is 0.0219. The minimum Gasteiger partial charge on any atom is -0.468 e. The van der Waals surface area contributed by atoms with Gasteiger partial charge in [-0.05, 0) is 11.8 Å². The number of methoxy groups -OCH3 is 1. The Bertz CT molecular complexity index is 404. The second-order valence-corrected chi connectivity index (χ2v) is 6.21. The highest BCUT2D eigenvalue weighted by Gasteiger charge is 2.42. The SMILES string of the molecule is COC(=O)[C@H](N[C@H]1CCN(CC(F)(F)F)C1=O)C(C)(C)C. The van der Waals surface area contributed by atoms with Crippen LogP contribution in [0.15, 0.2) is 0 Å². The summed E-state index contributed by atoms with van der Waals surface area (Å²) in [5.41, 5.74) is -0.523. The van der Waals surface area contributed by atoms with Crippen molar-refractivity contribution in [3.05, 3.63) is 0 Å². The van der Waals surface area contributed by atoms with E-state index in [1.807, 2.05) is 0 Å². The molecule has 0 bridgehead atoms. The molecule has 0 aliphatic carbocycles. The molecular formula is C13H21F3N2O3. The predicted octanol–water partition coefficient (Wildman–Crippen LogP) is 1.33. The maximum absolute atomic E-state index is 12.4. The van der Waals surface area contributed by atoms with E-state index in [0.29, 0.717) is 0 Å². The van der Waals surface area contributed by atoms with Gasteiger partial charge in [0.05, 0.1) is 13.2 Å². The van der Waals surface area contributed by atoms with Gasteiger partial charge in [0.15, 0.2) is 0 Å². The first-order valence-corrected chi connectivity index (χ1v) is 6.65. The number of nitrogens with one attached hydrogen (secondary N) is 1. The maximum atomic E-state index is 12.4. The summed E-state index contributed by atoms with van der Waals surface area (Å²) in [5, 5.41) is 2.84. The zero-order chi connectivity index (χ0) is 16.4. The van der Waals surface area contributed by atoms with Crippen LogP contribution >= 0.6 is 0 Å². The van der Waals surface area contributed by atoms with Crippen LogP contribution in [-0.4, -0.2) is 55.2 Å². The van der Waals surface area contributed by atoms with Crippen LogP contribution < -0.4 is 5.32 Å². The Balaban J connectivity index is 2.74. The van der Waals surface area contributed by atoms with Gasteiger partial charge in [-0.15, -0.1) is 0 Å². The summed E-state index contributed by atoms with van der Waals surface area (Å²) in [5.74, 6) is -1.17. The summed E-state index contributed by atoms with van der Waals surface area (Å²) in [4.78, 5) is 24.5. The summed E-state index contributed by atoms with van der Waals surface area (Å²) in [7, 11) is 1.23. The Kier molecular flexibility index (Phi) is 5.25. The minimum atomic E-state index is -4.42. The number of alkyl halides is 3. The lowest BCUT2D eigenvalue weighted by molar-refractivity contribution is -0.158. The topological polar surface area (TPSA) is 58.6 Å². The summed E-state index contributed by atoms with van der Waals surface area (Å²) in [6.07, 6.45) is -4.19. The Hall–Kier alpha value is -1.31. The highest BCUT2D eigenvalue weighted by Crippen LogP contribution is 2.24. The van der Waals surface area contributed by atoms with Crippen LogP contribution in [-0.2, 0) is 14.3 Å². The van der Waals surface area contributed by atoms with E-state index in [-0.39, 0.29) is 13.0 Å². The first-order valence-electron chi connectivity index (χ1n) is 6.65. The van der Waals surface area contributed by atoms with Gasteiger partial charge in [-0.1, -0.05) is 20.8 Å². The van der Waals surface area contributed by atoms with Crippen LogP contribution in [0.25, 0.3) is 0 Å². The average molecular weight is 310 g/mol. The molecule has 1 N–H and O–H groups in total. The fourth-order valence-corrected chi connectivity index (χ4v) is 2.26. The Morgan fingerprint density at radius 1 is 1.43 bits per heavy atom. The van der Waals surface area contributed by atoms with Gasteiger partial charge in [0.25, 0.3) is 0 Å². The number of amides is 1. The molecule has 0 saturated carbocycles. The van der Waals surface area contributed by atoms with Crippen molar-refractivity contribution >= 4 is 11.9 Å². The Labute approximate surface area is 121 Å². The van der Waals surface area contributed by atoms with E-state index in [2.05, 4.69) is 10.1 Å². The molecule has 0 aromatic heterocycles. The van der Waals surface area contributed by atoms with E-state index in [9.17, 15) is 22.8 Å². The van der Waals surface area contributed by atoms with Crippen molar-refractivity contribution < 1.29 is 27.5 Å². The number of rotatable bonds is 4. The van der Waals surface area contributed by atoms with Crippen molar-refractivity contribution in [3.8, 4) is 0 Å². The third kappa shape index (κ3) is 4.87. The fourth-order valence-electron chi connectivity index (χ4n) is 2.26. The van der Waals surface area contributed by atoms with Gasteiger partial charge in [-0.25, -0.2) is 0 Å². The van der Waals surface area contributed by atoms with Crippen LogP contribution in [0.1, 0.15) is 27.2 Å². The van der Waals surface area contributed by atoms with Crippen LogP contribution in [0.4, 0.5) is 13.2 Å². The Morgan fingerprint density at radius 2 is 2.00 bits per heavy atom. The standard InChI is InChI=1S/C13H21F3N2O3/c1-12(2,3)9(11(20)21-4)17-8-5-6-18(10(8)19)7-13(14,15)16/h8-9,17H,5-7H2,1-4H3/t8-,9-/m0/s1. The first kappa shape index (κ1) is 17.7. The van der Waals surface area contributed by atoms with Gasteiger partial charge in [0, 0.05) is 6.54 Å². The summed E-state index contributed by atoms with van der Waals surface area (Å²) < 4.78 is 41.7. The monoisotopic (exact) mass is 310 g/mol. The first-order chi connectivity index (χ1) is 9.45. The summed E-state index contributed by atoms with van der Waals surface area (Å²) in [6.45, 7) is 4.12. The molecule has 1 heterocycles. The van der Waals surface area contributed by atoms with Gasteiger partial charge in [0.2, 0.25) is 5.91 Å². The maximum Gasteiger partial charge on any atom is 0.406 e. The number of hydrogen-bond acceptors (Lipinski definition) is 4. The molecule has 0 aromatic rings. The summed E-state index contributed by atoms with van der Waals surface area (Å²) >= 11 is 0. The predicted molar refractivity (Wildman–Crippen MR) is 69.4 cm³/mol. The normalized spacial score (nSPS) is 21.6. The number of carbonyl (C=O) groups excluding carboxylic acids is 2. The highest BCUT2D eigenvalue weighted by molar-refractivity contribution is 5.85. The van der Waals surface area contributed by atoms with E-state index in [4.69, 9.17) is 0 Å². The van der Waals surface area contributed by atoms with Crippen molar-refractivity contribution in [2.24, 2.45) is 5.41 Å².